The van der Waals surface area contributed by atoms with Crippen LogP contribution in [0.2, 0.25) is 0 Å². The molecule has 0 aromatic rings. The molecule has 1 unspecified atom stereocenters. The molecule has 4 heterocycles. The predicted molar refractivity (Wildman–Crippen MR) is 261 cm³/mol. The average Bonchev–Trinajstić information content (AvgIpc) is 4.20. The van der Waals surface area contributed by atoms with Gasteiger partial charge in [-0.2, -0.15) is 0 Å². The van der Waals surface area contributed by atoms with Crippen molar-refractivity contribution in [2.45, 2.75) is 255 Å². The second kappa shape index (κ2) is 21.7. The summed E-state index contributed by atoms with van der Waals surface area (Å²) in [5.74, 6) is 1.47. The Morgan fingerprint density at radius 1 is 0.573 bits per heavy atom. The van der Waals surface area contributed by atoms with E-state index in [1.807, 2.05) is 13.0 Å². The summed E-state index contributed by atoms with van der Waals surface area (Å²) in [5.41, 5.74) is 1.19. The van der Waals surface area contributed by atoms with Crippen molar-refractivity contribution in [1.82, 2.24) is 0 Å². The highest BCUT2D eigenvalue weighted by Crippen LogP contribution is 2.89. The SMILES string of the molecule is C/C(=C/C[C@H](O)[C@@H](C)[C@H]1CC[C@@]2(C)[C@@H]3CCC4C(C)(C)[C@@H](O[C@@H]5O[C@H](C)[C@H](O[C@@H]6O[C@H](CO[C@@H]7O[C@H](CO)[C@@H](O)[C@H](O)[C@H]7O)[C@@H](O)[C@H](O)[C@H]6O[C@@H]6O[C@@H](C)[C@H](O)[C@@H](O)[C@H]6O)[C@H](O)[C@H]5O)CC[C@@]45C[C@@]35CC[C@]12C)CO. The van der Waals surface area contributed by atoms with Crippen LogP contribution < -0.4 is 0 Å². The Kier molecular flexibility index (Phi) is 16.9. The normalized spacial score (nSPS) is 54.5. The van der Waals surface area contributed by atoms with Crippen LogP contribution in [0.4, 0.5) is 0 Å². The summed E-state index contributed by atoms with van der Waals surface area (Å²) < 4.78 is 48.3. The Labute approximate surface area is 440 Å². The Bertz CT molecular complexity index is 2000. The Morgan fingerprint density at radius 3 is 1.84 bits per heavy atom. The molecule has 4 aliphatic heterocycles. The van der Waals surface area contributed by atoms with Gasteiger partial charge in [-0.3, -0.25) is 0 Å². The second-order valence-corrected chi connectivity index (χ2v) is 25.6. The van der Waals surface area contributed by atoms with Gasteiger partial charge in [-0.05, 0) is 136 Å². The average molecular weight is 1080 g/mol. The third-order valence-corrected chi connectivity index (χ3v) is 21.7. The standard InChI is InChI=1S/C54H90O21/c1-23(19-55)9-10-28(57)24(2)27-13-15-52(8)32-12-11-31-50(5,6)33(14-16-53(31)22-54(32,53)18-17-51(27,52)7)73-47-43(67)40(64)44(26(4)70-47)74-49-45(75-48-42(66)37(61)34(58)25(3)69-48)39(63)36(60)30(72-49)21-68-46-41(65)38(62)35(59)29(20-56)71-46/h9,24-49,55-67H,10-22H2,1-8H3/b23-9-/t24-,25-,26+,27+,28-,29+,30+,31?,32-,33-,34-,35+,36+,37+,38-,39-,40+,41+,42+,43+,44-,45+,46+,47-,48-,49-,51+,52-,53+,54-/m0/s1. The lowest BCUT2D eigenvalue weighted by Gasteiger charge is -2.63. The van der Waals surface area contributed by atoms with Crippen LogP contribution in [0, 0.1) is 50.7 Å². The molecule has 432 valence electrons. The minimum absolute atomic E-state index is 0.00298. The molecule has 0 amide bonds. The monoisotopic (exact) mass is 1070 g/mol. The zero-order valence-electron chi connectivity index (χ0n) is 44.9. The summed E-state index contributed by atoms with van der Waals surface area (Å²) in [6.45, 7) is 15.3. The molecule has 0 aromatic carbocycles. The van der Waals surface area contributed by atoms with Gasteiger partial charge in [0.2, 0.25) is 0 Å². The number of aliphatic hydroxyl groups excluding tert-OH is 13. The summed E-state index contributed by atoms with van der Waals surface area (Å²) in [4.78, 5) is 0. The van der Waals surface area contributed by atoms with Crippen LogP contribution >= 0.6 is 0 Å². The van der Waals surface area contributed by atoms with Gasteiger partial charge in [-0.1, -0.05) is 46.3 Å². The Balaban J connectivity index is 0.871. The van der Waals surface area contributed by atoms with Gasteiger partial charge in [0, 0.05) is 0 Å². The molecular weight excluding hydrogens is 985 g/mol. The minimum Gasteiger partial charge on any atom is -0.394 e. The Hall–Kier alpha value is -1.10. The fraction of sp³-hybridized carbons (Fsp3) is 0.963. The number of rotatable bonds is 15. The van der Waals surface area contributed by atoms with Gasteiger partial charge < -0.3 is 104 Å². The number of aliphatic hydroxyl groups is 13. The van der Waals surface area contributed by atoms with Gasteiger partial charge in [-0.25, -0.2) is 0 Å². The number of hydrogen-bond donors (Lipinski definition) is 13. The van der Waals surface area contributed by atoms with Crippen LogP contribution in [0.3, 0.4) is 0 Å². The maximum absolute atomic E-state index is 11.9. The van der Waals surface area contributed by atoms with Gasteiger partial charge in [0.1, 0.15) is 85.5 Å². The van der Waals surface area contributed by atoms with Crippen molar-refractivity contribution in [2.75, 3.05) is 19.8 Å². The Morgan fingerprint density at radius 2 is 1.15 bits per heavy atom. The zero-order valence-corrected chi connectivity index (χ0v) is 44.9. The van der Waals surface area contributed by atoms with E-state index in [1.165, 1.54) is 13.3 Å². The largest absolute Gasteiger partial charge is 0.394 e. The summed E-state index contributed by atoms with van der Waals surface area (Å²) in [5, 5.41) is 140. The smallest absolute Gasteiger partial charge is 0.187 e. The maximum atomic E-state index is 11.9. The van der Waals surface area contributed by atoms with E-state index in [4.69, 9.17) is 37.9 Å². The van der Waals surface area contributed by atoms with Crippen LogP contribution in [-0.2, 0) is 37.9 Å². The lowest BCUT2D eigenvalue weighted by atomic mass is 9.41. The third kappa shape index (κ3) is 9.65. The van der Waals surface area contributed by atoms with Crippen LogP contribution in [0.25, 0.3) is 0 Å². The third-order valence-electron chi connectivity index (χ3n) is 21.7. The van der Waals surface area contributed by atoms with Crippen LogP contribution in [-0.4, -0.2) is 221 Å². The van der Waals surface area contributed by atoms with E-state index >= 15 is 0 Å². The summed E-state index contributed by atoms with van der Waals surface area (Å²) in [7, 11) is 0. The molecule has 9 fully saturated rings. The number of hydrogen-bond acceptors (Lipinski definition) is 21. The molecule has 5 aliphatic carbocycles. The molecule has 13 N–H and O–H groups in total. The van der Waals surface area contributed by atoms with Gasteiger partial charge >= 0.3 is 0 Å². The first kappa shape index (κ1) is 58.6. The zero-order chi connectivity index (χ0) is 54.6. The molecule has 2 spiro atoms. The van der Waals surface area contributed by atoms with E-state index in [1.54, 1.807) is 6.92 Å². The van der Waals surface area contributed by atoms with Gasteiger partial charge in [0.15, 0.2) is 25.2 Å². The van der Waals surface area contributed by atoms with E-state index in [0.29, 0.717) is 24.2 Å². The van der Waals surface area contributed by atoms with Crippen molar-refractivity contribution in [1.29, 1.82) is 0 Å². The molecule has 0 radical (unpaired) electrons. The summed E-state index contributed by atoms with van der Waals surface area (Å²) in [6, 6.07) is 0. The lowest BCUT2D eigenvalue weighted by molar-refractivity contribution is -0.391. The quantitative estimate of drug-likeness (QED) is 0.0724. The molecule has 5 saturated carbocycles. The van der Waals surface area contributed by atoms with E-state index in [-0.39, 0.29) is 45.7 Å². The minimum atomic E-state index is -1.92. The van der Waals surface area contributed by atoms with Crippen molar-refractivity contribution in [2.24, 2.45) is 50.7 Å². The second-order valence-electron chi connectivity index (χ2n) is 25.6. The molecule has 9 aliphatic rings. The molecule has 4 saturated heterocycles. The first-order valence-corrected chi connectivity index (χ1v) is 27.8. The van der Waals surface area contributed by atoms with E-state index in [2.05, 4.69) is 34.6 Å². The molecule has 9 rings (SSSR count). The van der Waals surface area contributed by atoms with Crippen LogP contribution in [0.5, 0.6) is 0 Å². The number of ether oxygens (including phenoxy) is 8. The summed E-state index contributed by atoms with van der Waals surface area (Å²) in [6.07, 6.45) is -20.5. The van der Waals surface area contributed by atoms with Crippen molar-refractivity contribution in [3.05, 3.63) is 11.6 Å². The van der Waals surface area contributed by atoms with Gasteiger partial charge in [0.25, 0.3) is 0 Å². The first-order chi connectivity index (χ1) is 35.2. The van der Waals surface area contributed by atoms with Crippen LogP contribution in [0.1, 0.15) is 120 Å². The maximum Gasteiger partial charge on any atom is 0.187 e. The highest BCUT2D eigenvalue weighted by Gasteiger charge is 2.82. The first-order valence-electron chi connectivity index (χ1n) is 27.8. The van der Waals surface area contributed by atoms with Gasteiger partial charge in [-0.15, -0.1) is 0 Å². The highest BCUT2D eigenvalue weighted by atomic mass is 16.8. The molecule has 0 bridgehead atoms. The van der Waals surface area contributed by atoms with E-state index < -0.39 is 142 Å². The molecule has 30 atom stereocenters. The van der Waals surface area contributed by atoms with E-state index in [9.17, 15) is 66.4 Å². The van der Waals surface area contributed by atoms with E-state index in [0.717, 1.165) is 56.9 Å². The molecule has 0 aromatic heterocycles. The topological polar surface area (TPSA) is 337 Å². The molecule has 21 heteroatoms. The fourth-order valence-electron chi connectivity index (χ4n) is 16.9. The van der Waals surface area contributed by atoms with Crippen molar-refractivity contribution in [3.63, 3.8) is 0 Å². The fourth-order valence-corrected chi connectivity index (χ4v) is 16.9. The molecular formula is C54H90O21. The molecule has 75 heavy (non-hydrogen) atoms. The van der Waals surface area contributed by atoms with Crippen molar-refractivity contribution in [3.8, 4) is 0 Å². The van der Waals surface area contributed by atoms with Crippen LogP contribution in [0.15, 0.2) is 11.6 Å². The van der Waals surface area contributed by atoms with Crippen molar-refractivity contribution < 1.29 is 104 Å². The van der Waals surface area contributed by atoms with Gasteiger partial charge in [0.05, 0.1) is 44.2 Å². The highest BCUT2D eigenvalue weighted by molar-refractivity contribution is 5.31. The number of fused-ring (bicyclic) bond motifs is 2. The summed E-state index contributed by atoms with van der Waals surface area (Å²) >= 11 is 0. The van der Waals surface area contributed by atoms with Crippen molar-refractivity contribution >= 4 is 0 Å². The lowest BCUT2D eigenvalue weighted by Crippen LogP contribution is -2.67. The molecule has 21 nitrogen and oxygen atoms in total. The predicted octanol–water partition coefficient (Wildman–Crippen LogP) is -0.536.